The van der Waals surface area contributed by atoms with Crippen molar-refractivity contribution < 1.29 is 14.4 Å². The van der Waals surface area contributed by atoms with E-state index in [0.29, 0.717) is 30.3 Å². The van der Waals surface area contributed by atoms with Crippen molar-refractivity contribution in [1.29, 1.82) is 0 Å². The molecule has 0 spiro atoms. The third-order valence-electron chi connectivity index (χ3n) is 6.16. The molecule has 1 aliphatic rings. The smallest absolute Gasteiger partial charge is 0.292 e. The van der Waals surface area contributed by atoms with E-state index in [1.807, 2.05) is 18.2 Å². The molecule has 0 amide bonds. The molecule has 3 aromatic carbocycles. The van der Waals surface area contributed by atoms with Crippen molar-refractivity contribution >= 4 is 11.4 Å². The lowest BCUT2D eigenvalue weighted by Crippen LogP contribution is -2.16. The van der Waals surface area contributed by atoms with Gasteiger partial charge in [0.1, 0.15) is 17.2 Å². The Morgan fingerprint density at radius 3 is 2.36 bits per heavy atom. The lowest BCUT2D eigenvalue weighted by molar-refractivity contribution is -0.384. The number of hydrogen-bond acceptors (Lipinski definition) is 6. The van der Waals surface area contributed by atoms with Gasteiger partial charge < -0.3 is 14.8 Å². The van der Waals surface area contributed by atoms with E-state index in [4.69, 9.17) is 9.47 Å². The third kappa shape index (κ3) is 4.93. The Morgan fingerprint density at radius 1 is 0.970 bits per heavy atom. The van der Waals surface area contributed by atoms with Crippen LogP contribution in [0.5, 0.6) is 11.5 Å². The van der Waals surface area contributed by atoms with Crippen LogP contribution in [0.4, 0.5) is 11.4 Å². The van der Waals surface area contributed by atoms with Crippen molar-refractivity contribution in [3.63, 3.8) is 0 Å². The van der Waals surface area contributed by atoms with Crippen LogP contribution in [0.3, 0.4) is 0 Å². The average Bonchev–Trinajstić information content (AvgIpc) is 3.20. The molecule has 0 aromatic heterocycles. The molecule has 172 valence electrons. The topological polar surface area (TPSA) is 76.9 Å². The number of nitrogens with one attached hydrogen (secondary N) is 1. The first-order valence-corrected chi connectivity index (χ1v) is 10.9. The fraction of sp³-hybridized carbons (Fsp3) is 0.308. The average molecular weight is 448 g/mol. The van der Waals surface area contributed by atoms with Gasteiger partial charge in [0.2, 0.25) is 0 Å². The predicted molar refractivity (Wildman–Crippen MR) is 129 cm³/mol. The van der Waals surface area contributed by atoms with Crippen LogP contribution < -0.4 is 14.8 Å². The highest BCUT2D eigenvalue weighted by molar-refractivity contribution is 5.65. The fourth-order valence-electron chi connectivity index (χ4n) is 4.37. The fourth-order valence-corrected chi connectivity index (χ4v) is 4.37. The van der Waals surface area contributed by atoms with Crippen LogP contribution in [-0.2, 0) is 26.2 Å². The number of hydrogen-bond donors (Lipinski definition) is 1. The monoisotopic (exact) mass is 447 g/mol. The number of fused-ring (bicyclic) bond motifs is 1. The largest absolute Gasteiger partial charge is 0.497 e. The van der Waals surface area contributed by atoms with Crippen LogP contribution in [0.2, 0.25) is 0 Å². The second kappa shape index (κ2) is 9.50. The molecule has 7 heteroatoms. The molecule has 0 saturated heterocycles. The van der Waals surface area contributed by atoms with Crippen molar-refractivity contribution in [2.75, 3.05) is 19.5 Å². The van der Waals surface area contributed by atoms with Crippen molar-refractivity contribution in [1.82, 2.24) is 4.90 Å². The molecular weight excluding hydrogens is 418 g/mol. The minimum Gasteiger partial charge on any atom is -0.497 e. The van der Waals surface area contributed by atoms with Gasteiger partial charge in [-0.25, -0.2) is 0 Å². The first kappa shape index (κ1) is 22.6. The Hall–Kier alpha value is -3.58. The van der Waals surface area contributed by atoms with Gasteiger partial charge in [-0.05, 0) is 54.3 Å². The van der Waals surface area contributed by atoms with Crippen LogP contribution in [0.25, 0.3) is 0 Å². The summed E-state index contributed by atoms with van der Waals surface area (Å²) >= 11 is 0. The highest BCUT2D eigenvalue weighted by atomic mass is 16.6. The molecule has 0 radical (unpaired) electrons. The van der Waals surface area contributed by atoms with Crippen molar-refractivity contribution in [2.45, 2.75) is 40.0 Å². The van der Waals surface area contributed by atoms with E-state index in [1.54, 1.807) is 26.4 Å². The summed E-state index contributed by atoms with van der Waals surface area (Å²) in [5.41, 5.74) is 7.44. The Morgan fingerprint density at radius 2 is 1.70 bits per heavy atom. The van der Waals surface area contributed by atoms with Crippen LogP contribution in [-0.4, -0.2) is 24.0 Å². The first-order valence-electron chi connectivity index (χ1n) is 10.9. The molecule has 0 aliphatic carbocycles. The van der Waals surface area contributed by atoms with Crippen LogP contribution in [0.15, 0.2) is 48.5 Å². The van der Waals surface area contributed by atoms with Crippen LogP contribution in [0, 0.1) is 24.0 Å². The number of nitrogens with zero attached hydrogens (tertiary/aromatic N) is 2. The van der Waals surface area contributed by atoms with E-state index < -0.39 is 0 Å². The number of benzene rings is 3. The maximum atomic E-state index is 11.8. The number of methoxy groups -OCH3 is 2. The van der Waals surface area contributed by atoms with Gasteiger partial charge in [0.05, 0.1) is 19.1 Å². The summed E-state index contributed by atoms with van der Waals surface area (Å²) in [6.45, 7) is 6.92. The maximum absolute atomic E-state index is 11.8. The lowest BCUT2D eigenvalue weighted by Gasteiger charge is -2.16. The zero-order chi connectivity index (χ0) is 23.5. The molecule has 33 heavy (non-hydrogen) atoms. The Kier molecular flexibility index (Phi) is 6.51. The summed E-state index contributed by atoms with van der Waals surface area (Å²) in [6, 6.07) is 15.7. The summed E-state index contributed by atoms with van der Waals surface area (Å²) < 4.78 is 10.7. The van der Waals surface area contributed by atoms with E-state index in [1.165, 1.54) is 16.7 Å². The molecule has 1 N–H and O–H groups in total. The maximum Gasteiger partial charge on any atom is 0.292 e. The number of ether oxygens (including phenoxy) is 2. The summed E-state index contributed by atoms with van der Waals surface area (Å²) in [7, 11) is 3.20. The van der Waals surface area contributed by atoms with Crippen molar-refractivity contribution in [3.8, 4) is 11.5 Å². The molecule has 0 atom stereocenters. The lowest BCUT2D eigenvalue weighted by atomic mass is 10.1. The first-order chi connectivity index (χ1) is 15.9. The minimum absolute atomic E-state index is 0.0922. The molecule has 1 heterocycles. The third-order valence-corrected chi connectivity index (χ3v) is 6.16. The summed E-state index contributed by atoms with van der Waals surface area (Å²) in [4.78, 5) is 13.8. The Balaban J connectivity index is 1.53. The number of nitro benzene ring substituents is 1. The quantitative estimate of drug-likeness (QED) is 0.370. The van der Waals surface area contributed by atoms with E-state index in [2.05, 4.69) is 42.3 Å². The van der Waals surface area contributed by atoms with Gasteiger partial charge in [-0.1, -0.05) is 23.8 Å². The predicted octanol–water partition coefficient (Wildman–Crippen LogP) is 5.36. The van der Waals surface area contributed by atoms with E-state index >= 15 is 0 Å². The molecule has 0 saturated carbocycles. The number of rotatable bonds is 8. The highest BCUT2D eigenvalue weighted by Gasteiger charge is 2.25. The second-order valence-electron chi connectivity index (χ2n) is 8.50. The summed E-state index contributed by atoms with van der Waals surface area (Å²) in [5, 5.41) is 15.1. The van der Waals surface area contributed by atoms with Gasteiger partial charge in [0, 0.05) is 43.9 Å². The van der Waals surface area contributed by atoms with E-state index in [0.717, 1.165) is 29.8 Å². The minimum atomic E-state index is -0.319. The van der Waals surface area contributed by atoms with Gasteiger partial charge in [-0.15, -0.1) is 0 Å². The molecule has 0 bridgehead atoms. The molecule has 4 rings (SSSR count). The van der Waals surface area contributed by atoms with Crippen molar-refractivity contribution in [2.24, 2.45) is 0 Å². The van der Waals surface area contributed by atoms with Gasteiger partial charge in [-0.3, -0.25) is 15.0 Å². The summed E-state index contributed by atoms with van der Waals surface area (Å²) in [6.07, 6.45) is 0. The molecule has 3 aromatic rings. The molecule has 0 unspecified atom stereocenters. The van der Waals surface area contributed by atoms with E-state index in [-0.39, 0.29) is 10.6 Å². The van der Waals surface area contributed by atoms with Crippen molar-refractivity contribution in [3.05, 3.63) is 92.0 Å². The van der Waals surface area contributed by atoms with E-state index in [9.17, 15) is 10.1 Å². The molecule has 7 nitrogen and oxygen atoms in total. The SMILES string of the molecule is COc1ccc(CNc2cc3c(cc2[N+](=O)[O-])CN(Cc2ccc(C)cc2C)C3)c(OC)c1. The van der Waals surface area contributed by atoms with Crippen LogP contribution in [0.1, 0.15) is 33.4 Å². The van der Waals surface area contributed by atoms with Gasteiger partial charge in [-0.2, -0.15) is 0 Å². The number of anilines is 1. The highest BCUT2D eigenvalue weighted by Crippen LogP contribution is 2.35. The Labute approximate surface area is 194 Å². The number of aryl methyl sites for hydroxylation is 2. The number of nitro groups is 1. The second-order valence-corrected chi connectivity index (χ2v) is 8.50. The zero-order valence-corrected chi connectivity index (χ0v) is 19.5. The van der Waals surface area contributed by atoms with Crippen LogP contribution >= 0.6 is 0 Å². The standard InChI is InChI=1S/C26H29N3O4/c1-17-5-6-20(18(2)9-17)14-28-15-21-10-24(25(29(30)31)11-22(21)16-28)27-13-19-7-8-23(32-3)12-26(19)33-4/h5-12,27H,13-16H2,1-4H3. The van der Waals surface area contributed by atoms with Gasteiger partial charge in [0.15, 0.2) is 0 Å². The zero-order valence-electron chi connectivity index (χ0n) is 19.5. The normalized spacial score (nSPS) is 13.0. The van der Waals surface area contributed by atoms with Gasteiger partial charge >= 0.3 is 0 Å². The van der Waals surface area contributed by atoms with Gasteiger partial charge in [0.25, 0.3) is 5.69 Å². The Bertz CT molecular complexity index is 1190. The summed E-state index contributed by atoms with van der Waals surface area (Å²) in [5.74, 6) is 1.37. The molecule has 1 aliphatic heterocycles. The molecule has 0 fully saturated rings. The molecular formula is C26H29N3O4.